The van der Waals surface area contributed by atoms with Crippen LogP contribution < -0.4 is 5.73 Å². The summed E-state index contributed by atoms with van der Waals surface area (Å²) in [5.41, 5.74) is 7.40. The summed E-state index contributed by atoms with van der Waals surface area (Å²) in [7, 11) is 2.07. The third kappa shape index (κ3) is 4.29. The van der Waals surface area contributed by atoms with Gasteiger partial charge in [0.05, 0.1) is 0 Å². The average Bonchev–Trinajstić information content (AvgIpc) is 2.24. The molecule has 3 heteroatoms. The Morgan fingerprint density at radius 2 is 2.06 bits per heavy atom. The van der Waals surface area contributed by atoms with Gasteiger partial charge in [0.2, 0.25) is 0 Å². The van der Waals surface area contributed by atoms with Crippen molar-refractivity contribution in [1.82, 2.24) is 4.90 Å². The van der Waals surface area contributed by atoms with Gasteiger partial charge < -0.3 is 10.6 Å². The number of halogens is 1. The Labute approximate surface area is 97.3 Å². The van der Waals surface area contributed by atoms with Crippen LogP contribution >= 0.6 is 0 Å². The van der Waals surface area contributed by atoms with Crippen LogP contribution in [0.3, 0.4) is 0 Å². The van der Waals surface area contributed by atoms with E-state index in [0.717, 1.165) is 31.5 Å². The molecule has 16 heavy (non-hydrogen) atoms. The summed E-state index contributed by atoms with van der Waals surface area (Å²) in [5.74, 6) is -0.121. The van der Waals surface area contributed by atoms with E-state index in [1.165, 1.54) is 5.56 Å². The standard InChI is InChI=1S/C13H21FN2/c1-11-10-12(5-6-13(11)14)4-3-8-16(2)9-7-15/h5-6,10H,3-4,7-9,15H2,1-2H3. The van der Waals surface area contributed by atoms with E-state index in [9.17, 15) is 4.39 Å². The van der Waals surface area contributed by atoms with E-state index in [-0.39, 0.29) is 5.82 Å². The highest BCUT2D eigenvalue weighted by molar-refractivity contribution is 5.23. The van der Waals surface area contributed by atoms with Gasteiger partial charge in [-0.15, -0.1) is 0 Å². The summed E-state index contributed by atoms with van der Waals surface area (Å²) in [4.78, 5) is 2.22. The van der Waals surface area contributed by atoms with Gasteiger partial charge in [0, 0.05) is 13.1 Å². The fraction of sp³-hybridized carbons (Fsp3) is 0.538. The van der Waals surface area contributed by atoms with Crippen LogP contribution in [0.1, 0.15) is 17.5 Å². The molecule has 0 heterocycles. The maximum atomic E-state index is 13.0. The number of nitrogens with zero attached hydrogens (tertiary/aromatic N) is 1. The molecule has 90 valence electrons. The highest BCUT2D eigenvalue weighted by Gasteiger charge is 2.00. The molecular weight excluding hydrogens is 203 g/mol. The van der Waals surface area contributed by atoms with Gasteiger partial charge in [0.25, 0.3) is 0 Å². The molecule has 1 rings (SSSR count). The van der Waals surface area contributed by atoms with Crippen molar-refractivity contribution in [3.05, 3.63) is 35.1 Å². The Hall–Kier alpha value is -0.930. The largest absolute Gasteiger partial charge is 0.329 e. The van der Waals surface area contributed by atoms with E-state index >= 15 is 0 Å². The van der Waals surface area contributed by atoms with Gasteiger partial charge in [-0.05, 0) is 50.6 Å². The molecule has 0 aromatic heterocycles. The van der Waals surface area contributed by atoms with Crippen molar-refractivity contribution in [2.24, 2.45) is 5.73 Å². The molecule has 0 spiro atoms. The topological polar surface area (TPSA) is 29.3 Å². The van der Waals surface area contributed by atoms with E-state index in [2.05, 4.69) is 11.9 Å². The van der Waals surface area contributed by atoms with Crippen molar-refractivity contribution in [2.45, 2.75) is 19.8 Å². The molecule has 0 bridgehead atoms. The van der Waals surface area contributed by atoms with E-state index in [1.807, 2.05) is 12.1 Å². The van der Waals surface area contributed by atoms with Crippen molar-refractivity contribution < 1.29 is 4.39 Å². The summed E-state index contributed by atoms with van der Waals surface area (Å²) in [6.07, 6.45) is 2.08. The second-order valence-electron chi connectivity index (χ2n) is 4.28. The highest BCUT2D eigenvalue weighted by atomic mass is 19.1. The molecular formula is C13H21FN2. The van der Waals surface area contributed by atoms with Crippen molar-refractivity contribution in [3.8, 4) is 0 Å². The van der Waals surface area contributed by atoms with Gasteiger partial charge in [0.1, 0.15) is 5.82 Å². The van der Waals surface area contributed by atoms with E-state index in [1.54, 1.807) is 13.0 Å². The molecule has 0 amide bonds. The predicted octanol–water partition coefficient (Wildman–Crippen LogP) is 1.96. The molecule has 0 aliphatic heterocycles. The fourth-order valence-electron chi connectivity index (χ4n) is 1.75. The summed E-state index contributed by atoms with van der Waals surface area (Å²) < 4.78 is 13.0. The van der Waals surface area contributed by atoms with Crippen LogP contribution in [-0.2, 0) is 6.42 Å². The van der Waals surface area contributed by atoms with Crippen LogP contribution in [0.4, 0.5) is 4.39 Å². The minimum Gasteiger partial charge on any atom is -0.329 e. The molecule has 0 saturated carbocycles. The molecule has 0 radical (unpaired) electrons. The third-order valence-electron chi connectivity index (χ3n) is 2.74. The van der Waals surface area contributed by atoms with E-state index < -0.39 is 0 Å². The van der Waals surface area contributed by atoms with Crippen LogP contribution in [0.15, 0.2) is 18.2 Å². The lowest BCUT2D eigenvalue weighted by molar-refractivity contribution is 0.338. The molecule has 0 fully saturated rings. The number of nitrogens with two attached hydrogens (primary N) is 1. The van der Waals surface area contributed by atoms with Crippen molar-refractivity contribution in [2.75, 3.05) is 26.7 Å². The van der Waals surface area contributed by atoms with Crippen molar-refractivity contribution >= 4 is 0 Å². The van der Waals surface area contributed by atoms with Gasteiger partial charge in [-0.1, -0.05) is 12.1 Å². The zero-order valence-corrected chi connectivity index (χ0v) is 10.2. The number of hydrogen-bond donors (Lipinski definition) is 1. The first-order valence-electron chi connectivity index (χ1n) is 5.77. The lowest BCUT2D eigenvalue weighted by Gasteiger charge is -2.14. The Morgan fingerprint density at radius 1 is 1.31 bits per heavy atom. The number of likely N-dealkylation sites (N-methyl/N-ethyl adjacent to an activating group) is 1. The molecule has 1 aromatic rings. The minimum absolute atomic E-state index is 0.121. The minimum atomic E-state index is -0.121. The Bertz CT molecular complexity index is 326. The summed E-state index contributed by atoms with van der Waals surface area (Å²) in [5, 5.41) is 0. The van der Waals surface area contributed by atoms with E-state index in [0.29, 0.717) is 6.54 Å². The first-order valence-corrected chi connectivity index (χ1v) is 5.77. The molecule has 1 aromatic carbocycles. The average molecular weight is 224 g/mol. The molecule has 2 nitrogen and oxygen atoms in total. The molecule has 0 atom stereocenters. The van der Waals surface area contributed by atoms with E-state index in [4.69, 9.17) is 5.73 Å². The van der Waals surface area contributed by atoms with Crippen molar-refractivity contribution in [1.29, 1.82) is 0 Å². The summed E-state index contributed by atoms with van der Waals surface area (Å²) >= 11 is 0. The fourth-order valence-corrected chi connectivity index (χ4v) is 1.75. The number of aryl methyl sites for hydroxylation is 2. The molecule has 2 N–H and O–H groups in total. The Balaban J connectivity index is 2.34. The predicted molar refractivity (Wildman–Crippen MR) is 66.0 cm³/mol. The number of hydrogen-bond acceptors (Lipinski definition) is 2. The number of benzene rings is 1. The zero-order chi connectivity index (χ0) is 12.0. The molecule has 0 aliphatic rings. The lowest BCUT2D eigenvalue weighted by Crippen LogP contribution is -2.26. The molecule has 0 unspecified atom stereocenters. The van der Waals surface area contributed by atoms with Crippen LogP contribution in [0.25, 0.3) is 0 Å². The Kier molecular flexibility index (Phi) is 5.43. The highest BCUT2D eigenvalue weighted by Crippen LogP contribution is 2.10. The van der Waals surface area contributed by atoms with Crippen LogP contribution in [0.2, 0.25) is 0 Å². The monoisotopic (exact) mass is 224 g/mol. The molecule has 0 aliphatic carbocycles. The second-order valence-corrected chi connectivity index (χ2v) is 4.28. The van der Waals surface area contributed by atoms with Crippen LogP contribution in [0.5, 0.6) is 0 Å². The maximum absolute atomic E-state index is 13.0. The zero-order valence-electron chi connectivity index (χ0n) is 10.2. The SMILES string of the molecule is Cc1cc(CCCN(C)CCN)ccc1F. The Morgan fingerprint density at radius 3 is 2.69 bits per heavy atom. The molecule has 0 saturated heterocycles. The van der Waals surface area contributed by atoms with Gasteiger partial charge >= 0.3 is 0 Å². The quantitative estimate of drug-likeness (QED) is 0.800. The van der Waals surface area contributed by atoms with Crippen LogP contribution in [-0.4, -0.2) is 31.6 Å². The van der Waals surface area contributed by atoms with Gasteiger partial charge in [-0.3, -0.25) is 0 Å². The first kappa shape index (κ1) is 13.1. The second kappa shape index (κ2) is 6.61. The summed E-state index contributed by atoms with van der Waals surface area (Å²) in [6, 6.07) is 5.35. The lowest BCUT2D eigenvalue weighted by atomic mass is 10.1. The first-order chi connectivity index (χ1) is 7.63. The van der Waals surface area contributed by atoms with Gasteiger partial charge in [-0.25, -0.2) is 4.39 Å². The van der Waals surface area contributed by atoms with Gasteiger partial charge in [0.15, 0.2) is 0 Å². The maximum Gasteiger partial charge on any atom is 0.126 e. The number of rotatable bonds is 6. The third-order valence-corrected chi connectivity index (χ3v) is 2.74. The van der Waals surface area contributed by atoms with Crippen molar-refractivity contribution in [3.63, 3.8) is 0 Å². The normalized spacial score (nSPS) is 11.1. The van der Waals surface area contributed by atoms with Crippen LogP contribution in [0, 0.1) is 12.7 Å². The summed E-state index contributed by atoms with van der Waals surface area (Å²) in [6.45, 7) is 4.47. The smallest absolute Gasteiger partial charge is 0.126 e. The van der Waals surface area contributed by atoms with Gasteiger partial charge in [-0.2, -0.15) is 0 Å².